The van der Waals surface area contributed by atoms with Crippen molar-refractivity contribution < 1.29 is 13.2 Å². The highest BCUT2D eigenvalue weighted by molar-refractivity contribution is 7.91. The Morgan fingerprint density at radius 1 is 1.00 bits per heavy atom. The normalized spacial score (nSPS) is 14.9. The number of sulfonamides is 1. The number of amides is 1. The average Bonchev–Trinajstić information content (AvgIpc) is 3.30. The van der Waals surface area contributed by atoms with E-state index in [2.05, 4.69) is 4.98 Å². The van der Waals surface area contributed by atoms with Crippen molar-refractivity contribution in [2.45, 2.75) is 4.21 Å². The third-order valence-electron chi connectivity index (χ3n) is 5.83. The Balaban J connectivity index is 1.32. The zero-order valence-electron chi connectivity index (χ0n) is 18.1. The van der Waals surface area contributed by atoms with Gasteiger partial charge in [0.15, 0.2) is 0 Å². The van der Waals surface area contributed by atoms with Gasteiger partial charge >= 0.3 is 0 Å². The van der Waals surface area contributed by atoms with Gasteiger partial charge in [-0.25, -0.2) is 8.42 Å². The molecule has 12 heteroatoms. The Hall–Kier alpha value is -3.25. The van der Waals surface area contributed by atoms with Crippen LogP contribution in [0.1, 0.15) is 10.4 Å². The van der Waals surface area contributed by atoms with Crippen LogP contribution in [0.4, 0.5) is 0 Å². The zero-order chi connectivity index (χ0) is 24.7. The van der Waals surface area contributed by atoms with E-state index in [9.17, 15) is 23.2 Å². The molecule has 0 N–H and O–H groups in total. The van der Waals surface area contributed by atoms with Crippen LogP contribution in [0.15, 0.2) is 69.9 Å². The smallest absolute Gasteiger partial charge is 0.259 e. The predicted octanol–water partition coefficient (Wildman–Crippen LogP) is 3.27. The minimum absolute atomic E-state index is 0.0732. The van der Waals surface area contributed by atoms with Crippen LogP contribution in [0.2, 0.25) is 5.02 Å². The summed E-state index contributed by atoms with van der Waals surface area (Å²) in [5.41, 5.74) is -0.582. The first kappa shape index (κ1) is 23.5. The highest BCUT2D eigenvalue weighted by Crippen LogP contribution is 2.33. The molecule has 0 spiro atoms. The minimum Gasteiger partial charge on any atom is -0.803 e. The third-order valence-corrected chi connectivity index (χ3v) is 9.51. The predicted molar refractivity (Wildman–Crippen MR) is 134 cm³/mol. The Morgan fingerprint density at radius 3 is 2.43 bits per heavy atom. The lowest BCUT2D eigenvalue weighted by molar-refractivity contribution is 0.0696. The summed E-state index contributed by atoms with van der Waals surface area (Å²) in [5.74, 6) is -0.602. The summed E-state index contributed by atoms with van der Waals surface area (Å²) in [6, 6.07) is 12.8. The molecule has 0 bridgehead atoms. The molecule has 180 valence electrons. The third kappa shape index (κ3) is 4.31. The van der Waals surface area contributed by atoms with E-state index < -0.39 is 21.5 Å². The quantitative estimate of drug-likeness (QED) is 0.400. The fourth-order valence-corrected chi connectivity index (χ4v) is 7.21. The molecule has 1 aliphatic rings. The lowest BCUT2D eigenvalue weighted by atomic mass is 10.1. The summed E-state index contributed by atoms with van der Waals surface area (Å²) in [6.45, 7) is 0.339. The first-order valence-corrected chi connectivity index (χ1v) is 13.2. The number of carbonyl (C=O) groups is 1. The Kier molecular flexibility index (Phi) is 6.09. The van der Waals surface area contributed by atoms with Crippen LogP contribution in [-0.2, 0) is 10.0 Å². The highest BCUT2D eigenvalue weighted by atomic mass is 35.5. The molecule has 1 fully saturated rings. The summed E-state index contributed by atoms with van der Waals surface area (Å²) in [7, 11) is -3.75. The second-order valence-electron chi connectivity index (χ2n) is 7.91. The maximum atomic E-state index is 13.2. The van der Waals surface area contributed by atoms with Crippen LogP contribution in [0.25, 0.3) is 21.3 Å². The van der Waals surface area contributed by atoms with Gasteiger partial charge in [-0.3, -0.25) is 14.6 Å². The number of fused-ring (bicyclic) bond motifs is 1. The number of thiophene rings is 1. The van der Waals surface area contributed by atoms with Crippen LogP contribution < -0.4 is 5.56 Å². The molecule has 1 aliphatic heterocycles. The molecule has 0 unspecified atom stereocenters. The number of pyridine rings is 2. The largest absolute Gasteiger partial charge is 0.803 e. The highest BCUT2D eigenvalue weighted by Gasteiger charge is 2.32. The molecule has 0 aliphatic carbocycles. The van der Waals surface area contributed by atoms with Gasteiger partial charge < -0.3 is 14.8 Å². The molecule has 0 saturated carbocycles. The monoisotopic (exact) mass is 529 g/mol. The van der Waals surface area contributed by atoms with Crippen molar-refractivity contribution in [1.29, 1.82) is 0 Å². The zero-order valence-corrected chi connectivity index (χ0v) is 20.5. The van der Waals surface area contributed by atoms with E-state index >= 15 is 0 Å². The SMILES string of the molecule is O=C(c1ccc(-c2ccncc2)n([O-])c1=O)N1CCN(S(=O)(=O)c2cc3ccc(Cl)cc3s2)CC1. The molecule has 3 aromatic heterocycles. The van der Waals surface area contributed by atoms with Gasteiger partial charge in [-0.1, -0.05) is 17.7 Å². The van der Waals surface area contributed by atoms with Crippen LogP contribution in [-0.4, -0.2) is 59.4 Å². The number of aromatic nitrogens is 2. The summed E-state index contributed by atoms with van der Waals surface area (Å²) in [4.78, 5) is 30.9. The van der Waals surface area contributed by atoms with Gasteiger partial charge in [0, 0.05) is 59.6 Å². The number of benzene rings is 1. The fourth-order valence-electron chi connectivity index (χ4n) is 3.96. The number of hydrogen-bond donors (Lipinski definition) is 0. The van der Waals surface area contributed by atoms with E-state index in [0.29, 0.717) is 10.6 Å². The second kappa shape index (κ2) is 9.08. The molecule has 0 atom stereocenters. The molecule has 35 heavy (non-hydrogen) atoms. The van der Waals surface area contributed by atoms with E-state index in [4.69, 9.17) is 11.6 Å². The van der Waals surface area contributed by atoms with Crippen LogP contribution >= 0.6 is 22.9 Å². The van der Waals surface area contributed by atoms with Crippen molar-refractivity contribution >= 4 is 49.0 Å². The van der Waals surface area contributed by atoms with Gasteiger partial charge in [-0.15, -0.1) is 11.3 Å². The molecule has 9 nitrogen and oxygen atoms in total. The van der Waals surface area contributed by atoms with Crippen molar-refractivity contribution in [3.8, 4) is 11.3 Å². The molecule has 1 amide bonds. The molecule has 1 aromatic carbocycles. The topological polar surface area (TPSA) is 116 Å². The maximum absolute atomic E-state index is 13.2. The first-order chi connectivity index (χ1) is 16.8. The van der Waals surface area contributed by atoms with E-state index in [-0.39, 0.29) is 46.4 Å². The Labute approximate surface area is 209 Å². The Bertz CT molecular complexity index is 1590. The van der Waals surface area contributed by atoms with E-state index in [1.54, 1.807) is 36.4 Å². The van der Waals surface area contributed by atoms with Gasteiger partial charge in [-0.05, 0) is 47.9 Å². The van der Waals surface area contributed by atoms with Gasteiger partial charge in [0.1, 0.15) is 9.77 Å². The van der Waals surface area contributed by atoms with Crippen LogP contribution in [0.5, 0.6) is 0 Å². The summed E-state index contributed by atoms with van der Waals surface area (Å²) in [6.07, 6.45) is 3.00. The van der Waals surface area contributed by atoms with E-state index in [0.717, 1.165) is 21.4 Å². The molecule has 0 radical (unpaired) electrons. The van der Waals surface area contributed by atoms with Gasteiger partial charge in [0.2, 0.25) is 0 Å². The average molecular weight is 530 g/mol. The summed E-state index contributed by atoms with van der Waals surface area (Å²) in [5, 5.41) is 13.8. The van der Waals surface area contributed by atoms with Gasteiger partial charge in [0.25, 0.3) is 21.5 Å². The first-order valence-electron chi connectivity index (χ1n) is 10.6. The molecule has 5 rings (SSSR count). The minimum atomic E-state index is -3.75. The molecular formula is C23H18ClN4O5S2-. The van der Waals surface area contributed by atoms with Crippen molar-refractivity contribution in [2.24, 2.45) is 0 Å². The lowest BCUT2D eigenvalue weighted by Crippen LogP contribution is -2.51. The van der Waals surface area contributed by atoms with Crippen LogP contribution in [0.3, 0.4) is 0 Å². The molecule has 4 aromatic rings. The maximum Gasteiger partial charge on any atom is 0.259 e. The number of carbonyl (C=O) groups excluding carboxylic acids is 1. The fraction of sp³-hybridized carbons (Fsp3) is 0.174. The van der Waals surface area contributed by atoms with Gasteiger partial charge in [0.05, 0.1) is 0 Å². The second-order valence-corrected chi connectivity index (χ2v) is 11.6. The number of rotatable bonds is 4. The Morgan fingerprint density at radius 2 is 1.71 bits per heavy atom. The number of nitrogens with zero attached hydrogens (tertiary/aromatic N) is 4. The molecular weight excluding hydrogens is 512 g/mol. The van der Waals surface area contributed by atoms with E-state index in [1.807, 2.05) is 0 Å². The summed E-state index contributed by atoms with van der Waals surface area (Å²) >= 11 is 7.15. The van der Waals surface area contributed by atoms with Crippen molar-refractivity contribution in [3.05, 3.63) is 87.1 Å². The van der Waals surface area contributed by atoms with Crippen LogP contribution in [0, 0.1) is 5.21 Å². The van der Waals surface area contributed by atoms with E-state index in [1.165, 1.54) is 33.7 Å². The summed E-state index contributed by atoms with van der Waals surface area (Å²) < 4.78 is 28.8. The standard InChI is InChI=1S/C23H18ClN4O5S2/c24-17-2-1-16-13-21(34-20(16)14-17)35(32,33)27-11-9-26(10-12-27)22(29)18-3-4-19(28(31)23(18)30)15-5-7-25-8-6-15/h1-8,13-14H,9-12H2/q-1. The van der Waals surface area contributed by atoms with Gasteiger partial charge in [-0.2, -0.15) is 4.31 Å². The number of hydrogen-bond acceptors (Lipinski definition) is 7. The van der Waals surface area contributed by atoms with Crippen molar-refractivity contribution in [2.75, 3.05) is 26.2 Å². The lowest BCUT2D eigenvalue weighted by Gasteiger charge is -2.33. The van der Waals surface area contributed by atoms with Crippen molar-refractivity contribution in [1.82, 2.24) is 18.9 Å². The molecule has 4 heterocycles. The number of piperazine rings is 1. The number of halogens is 1. The molecule has 1 saturated heterocycles. The van der Waals surface area contributed by atoms with Crippen molar-refractivity contribution in [3.63, 3.8) is 0 Å².